The van der Waals surface area contributed by atoms with Crippen molar-refractivity contribution in [2.75, 3.05) is 6.61 Å². The minimum Gasteiger partial charge on any atom is -0.374 e. The highest BCUT2D eigenvalue weighted by atomic mass is 16.5. The number of nitrogens with zero attached hydrogens (tertiary/aromatic N) is 8. The van der Waals surface area contributed by atoms with E-state index in [4.69, 9.17) is 4.74 Å². The zero-order valence-corrected chi connectivity index (χ0v) is 17.0. The molecule has 4 rings (SSSR count). The molecule has 0 atom stereocenters. The van der Waals surface area contributed by atoms with Gasteiger partial charge in [0.05, 0.1) is 17.0 Å². The van der Waals surface area contributed by atoms with Crippen LogP contribution in [0.5, 0.6) is 0 Å². The topological polar surface area (TPSA) is 107 Å². The third-order valence-corrected chi connectivity index (χ3v) is 4.73. The van der Waals surface area contributed by atoms with Crippen LogP contribution in [0.4, 0.5) is 0 Å². The Morgan fingerprint density at radius 2 is 2.07 bits per heavy atom. The van der Waals surface area contributed by atoms with E-state index >= 15 is 0 Å². The number of rotatable bonds is 8. The maximum absolute atomic E-state index is 9.42. The van der Waals surface area contributed by atoms with Crippen molar-refractivity contribution in [3.05, 3.63) is 65.3 Å². The largest absolute Gasteiger partial charge is 0.374 e. The number of aryl methyl sites for hydroxylation is 1. The molecule has 0 aromatic carbocycles. The Morgan fingerprint density at radius 3 is 2.87 bits per heavy atom. The molecule has 0 N–H and O–H groups in total. The Hall–Kier alpha value is -3.64. The van der Waals surface area contributed by atoms with Crippen LogP contribution in [-0.2, 0) is 24.2 Å². The maximum Gasteiger partial charge on any atom is 0.177 e. The quantitative estimate of drug-likeness (QED) is 0.446. The van der Waals surface area contributed by atoms with Gasteiger partial charge in [0.1, 0.15) is 19.0 Å². The minimum absolute atomic E-state index is 0.377. The van der Waals surface area contributed by atoms with Crippen LogP contribution in [0.15, 0.2) is 36.9 Å². The van der Waals surface area contributed by atoms with Crippen LogP contribution in [0.25, 0.3) is 11.5 Å². The number of nitriles is 1. The van der Waals surface area contributed by atoms with Crippen LogP contribution in [0.3, 0.4) is 0 Å². The van der Waals surface area contributed by atoms with Gasteiger partial charge in [0, 0.05) is 31.0 Å². The Morgan fingerprint density at radius 1 is 1.17 bits per heavy atom. The second-order valence-electron chi connectivity index (χ2n) is 6.75. The number of ether oxygens (including phenoxy) is 1. The highest BCUT2D eigenvalue weighted by Gasteiger charge is 2.17. The summed E-state index contributed by atoms with van der Waals surface area (Å²) in [5.41, 5.74) is 4.14. The normalized spacial score (nSPS) is 11.1. The molecule has 4 heterocycles. The summed E-state index contributed by atoms with van der Waals surface area (Å²) >= 11 is 0. The van der Waals surface area contributed by atoms with E-state index in [1.165, 1.54) is 0 Å². The van der Waals surface area contributed by atoms with Gasteiger partial charge >= 0.3 is 0 Å². The highest BCUT2D eigenvalue weighted by molar-refractivity contribution is 5.50. The summed E-state index contributed by atoms with van der Waals surface area (Å²) < 4.78 is 8.86. The maximum atomic E-state index is 9.42. The van der Waals surface area contributed by atoms with E-state index in [0.717, 1.165) is 35.4 Å². The summed E-state index contributed by atoms with van der Waals surface area (Å²) in [5.74, 6) is 1.16. The van der Waals surface area contributed by atoms with Crippen molar-refractivity contribution in [1.29, 1.82) is 5.26 Å². The van der Waals surface area contributed by atoms with Crippen LogP contribution in [0.2, 0.25) is 0 Å². The Kier molecular flexibility index (Phi) is 5.77. The molecule has 9 heteroatoms. The molecule has 152 valence electrons. The van der Waals surface area contributed by atoms with Gasteiger partial charge in [-0.3, -0.25) is 0 Å². The summed E-state index contributed by atoms with van der Waals surface area (Å²) in [6, 6.07) is 7.57. The molecule has 0 amide bonds. The second-order valence-corrected chi connectivity index (χ2v) is 6.75. The smallest absolute Gasteiger partial charge is 0.177 e. The summed E-state index contributed by atoms with van der Waals surface area (Å²) in [6.45, 7) is 5.06. The van der Waals surface area contributed by atoms with E-state index in [-0.39, 0.29) is 0 Å². The first-order valence-corrected chi connectivity index (χ1v) is 9.93. The zero-order valence-electron chi connectivity index (χ0n) is 17.0. The van der Waals surface area contributed by atoms with Gasteiger partial charge in [-0.15, -0.1) is 5.10 Å². The monoisotopic (exact) mass is 402 g/mol. The molecule has 0 aliphatic carbocycles. The van der Waals surface area contributed by atoms with Crippen molar-refractivity contribution in [3.63, 3.8) is 0 Å². The van der Waals surface area contributed by atoms with E-state index in [2.05, 4.69) is 38.1 Å². The fourth-order valence-corrected chi connectivity index (χ4v) is 3.38. The summed E-state index contributed by atoms with van der Waals surface area (Å²) in [5, 5.41) is 18.3. The molecule has 0 saturated heterocycles. The average molecular weight is 402 g/mol. The fourth-order valence-electron chi connectivity index (χ4n) is 3.38. The number of fused-ring (bicyclic) bond motifs is 1. The van der Waals surface area contributed by atoms with E-state index in [9.17, 15) is 5.26 Å². The molecular formula is C21H22N8O. The van der Waals surface area contributed by atoms with Crippen molar-refractivity contribution < 1.29 is 4.74 Å². The van der Waals surface area contributed by atoms with Crippen LogP contribution in [-0.4, -0.2) is 41.0 Å². The third-order valence-electron chi connectivity index (χ3n) is 4.73. The first-order chi connectivity index (χ1) is 14.7. The molecular weight excluding hydrogens is 380 g/mol. The molecule has 0 aliphatic rings. The van der Waals surface area contributed by atoms with Gasteiger partial charge < -0.3 is 4.74 Å². The van der Waals surface area contributed by atoms with Crippen LogP contribution >= 0.6 is 0 Å². The molecule has 4 aromatic rings. The van der Waals surface area contributed by atoms with E-state index in [1.54, 1.807) is 40.1 Å². The molecule has 0 bridgehead atoms. The van der Waals surface area contributed by atoms with E-state index in [0.29, 0.717) is 36.8 Å². The predicted molar refractivity (Wildman–Crippen MR) is 109 cm³/mol. The molecule has 0 unspecified atom stereocenters. The standard InChI is InChI=1S/C21H22N8O/c1-3-6-17-18(24-14-28-21(17)26-19(27-28)13-30-4-2)11-16-8-10-25-29(16)20-15(12-22)7-5-9-23-20/h5,7-10,14H,3-4,6,11,13H2,1-2H3. The molecule has 0 radical (unpaired) electrons. The van der Waals surface area contributed by atoms with Crippen molar-refractivity contribution in [3.8, 4) is 11.9 Å². The van der Waals surface area contributed by atoms with Crippen molar-refractivity contribution >= 4 is 5.65 Å². The molecule has 0 aliphatic heterocycles. The lowest BCUT2D eigenvalue weighted by Gasteiger charge is -2.11. The van der Waals surface area contributed by atoms with E-state index < -0.39 is 0 Å². The number of aromatic nitrogens is 7. The van der Waals surface area contributed by atoms with Crippen molar-refractivity contribution in [2.45, 2.75) is 39.7 Å². The summed E-state index contributed by atoms with van der Waals surface area (Å²) in [7, 11) is 0. The van der Waals surface area contributed by atoms with Crippen LogP contribution < -0.4 is 0 Å². The third kappa shape index (κ3) is 3.77. The minimum atomic E-state index is 0.377. The zero-order chi connectivity index (χ0) is 20.9. The molecule has 0 saturated carbocycles. The van der Waals surface area contributed by atoms with Gasteiger partial charge in [-0.1, -0.05) is 13.3 Å². The molecule has 9 nitrogen and oxygen atoms in total. The average Bonchev–Trinajstić information content (AvgIpc) is 3.40. The lowest BCUT2D eigenvalue weighted by Crippen LogP contribution is -2.10. The molecule has 0 fully saturated rings. The predicted octanol–water partition coefficient (Wildman–Crippen LogP) is 2.66. The first-order valence-electron chi connectivity index (χ1n) is 9.93. The summed E-state index contributed by atoms with van der Waals surface area (Å²) in [4.78, 5) is 13.7. The van der Waals surface area contributed by atoms with Gasteiger partial charge in [0.2, 0.25) is 0 Å². The Bertz CT molecular complexity index is 1200. The lowest BCUT2D eigenvalue weighted by molar-refractivity contribution is 0.128. The SMILES string of the molecule is CCCc1c(Cc2ccnn2-c2ncccc2C#N)ncn2nc(COCC)nc12. The van der Waals surface area contributed by atoms with Gasteiger partial charge in [-0.25, -0.2) is 24.1 Å². The number of hydrogen-bond acceptors (Lipinski definition) is 7. The summed E-state index contributed by atoms with van der Waals surface area (Å²) in [6.07, 6.45) is 7.39. The van der Waals surface area contributed by atoms with Gasteiger partial charge in [0.15, 0.2) is 17.3 Å². The Labute approximate surface area is 174 Å². The van der Waals surface area contributed by atoms with Crippen LogP contribution in [0, 0.1) is 11.3 Å². The highest BCUT2D eigenvalue weighted by Crippen LogP contribution is 2.20. The number of pyridine rings is 1. The lowest BCUT2D eigenvalue weighted by atomic mass is 10.1. The van der Waals surface area contributed by atoms with Crippen LogP contribution in [0.1, 0.15) is 48.6 Å². The van der Waals surface area contributed by atoms with Crippen molar-refractivity contribution in [2.24, 2.45) is 0 Å². The molecule has 30 heavy (non-hydrogen) atoms. The van der Waals surface area contributed by atoms with E-state index in [1.807, 2.05) is 13.0 Å². The van der Waals surface area contributed by atoms with Crippen molar-refractivity contribution in [1.82, 2.24) is 34.3 Å². The second kappa shape index (κ2) is 8.80. The number of hydrogen-bond donors (Lipinski definition) is 0. The molecule has 4 aromatic heterocycles. The first kappa shape index (κ1) is 19.7. The molecule has 0 spiro atoms. The van der Waals surface area contributed by atoms with Gasteiger partial charge in [-0.2, -0.15) is 10.4 Å². The Balaban J connectivity index is 1.74. The van der Waals surface area contributed by atoms with Gasteiger partial charge in [-0.05, 0) is 31.5 Å². The fraction of sp³-hybridized carbons (Fsp3) is 0.333. The van der Waals surface area contributed by atoms with Gasteiger partial charge in [0.25, 0.3) is 0 Å².